The zero-order chi connectivity index (χ0) is 19.1. The van der Waals surface area contributed by atoms with Gasteiger partial charge in [0.2, 0.25) is 0 Å². The second-order valence-corrected chi connectivity index (χ2v) is 8.09. The fourth-order valence-electron chi connectivity index (χ4n) is 2.59. The van der Waals surface area contributed by atoms with Crippen molar-refractivity contribution in [1.82, 2.24) is 10.6 Å². The molecule has 6 nitrogen and oxygen atoms in total. The molecular formula is C18H23ClN2O4S. The molecule has 0 unspecified atom stereocenters. The van der Waals surface area contributed by atoms with Crippen molar-refractivity contribution in [3.63, 3.8) is 0 Å². The molecule has 1 aromatic rings. The number of halogens is 1. The number of esters is 1. The van der Waals surface area contributed by atoms with Crippen molar-refractivity contribution in [3.05, 3.63) is 29.3 Å². The lowest BCUT2D eigenvalue weighted by Gasteiger charge is -2.17. The third-order valence-corrected chi connectivity index (χ3v) is 5.39. The minimum atomic E-state index is -1.05. The smallest absolute Gasteiger partial charge is 0.321 e. The minimum Gasteiger partial charge on any atom is -0.452 e. The molecule has 3 amide bonds. The quantitative estimate of drug-likeness (QED) is 0.565. The number of carbonyl (C=O) groups is 3. The zero-order valence-electron chi connectivity index (χ0n) is 14.8. The second kappa shape index (κ2) is 9.83. The Balaban J connectivity index is 1.76. The monoisotopic (exact) mass is 398 g/mol. The van der Waals surface area contributed by atoms with Gasteiger partial charge in [0, 0.05) is 16.0 Å². The number of ether oxygens (including phenoxy) is 1. The number of hydrogen-bond acceptors (Lipinski definition) is 5. The Kier molecular flexibility index (Phi) is 7.78. The van der Waals surface area contributed by atoms with Crippen molar-refractivity contribution in [1.29, 1.82) is 0 Å². The highest BCUT2D eigenvalue weighted by molar-refractivity contribution is 8.00. The van der Waals surface area contributed by atoms with E-state index < -0.39 is 29.3 Å². The first kappa shape index (κ1) is 20.6. The van der Waals surface area contributed by atoms with Gasteiger partial charge in [-0.3, -0.25) is 14.9 Å². The number of urea groups is 1. The highest BCUT2D eigenvalue weighted by Crippen LogP contribution is 2.25. The maximum absolute atomic E-state index is 12.1. The van der Waals surface area contributed by atoms with Crippen molar-refractivity contribution in [2.45, 2.75) is 61.8 Å². The molecule has 1 aliphatic carbocycles. The highest BCUT2D eigenvalue weighted by Gasteiger charge is 2.25. The first-order valence-electron chi connectivity index (χ1n) is 8.59. The molecule has 0 bridgehead atoms. The van der Waals surface area contributed by atoms with Crippen LogP contribution >= 0.6 is 23.4 Å². The van der Waals surface area contributed by atoms with Gasteiger partial charge in [0.1, 0.15) is 5.25 Å². The van der Waals surface area contributed by atoms with E-state index in [9.17, 15) is 14.4 Å². The Labute approximate surface area is 162 Å². The van der Waals surface area contributed by atoms with E-state index in [1.165, 1.54) is 18.7 Å². The van der Waals surface area contributed by atoms with Gasteiger partial charge in [-0.2, -0.15) is 0 Å². The number of imide groups is 1. The number of rotatable bonds is 6. The number of carbonyl (C=O) groups excluding carboxylic acids is 3. The molecule has 1 aliphatic rings. The van der Waals surface area contributed by atoms with Gasteiger partial charge in [0.15, 0.2) is 6.10 Å². The van der Waals surface area contributed by atoms with E-state index in [-0.39, 0.29) is 6.04 Å². The molecule has 0 heterocycles. The van der Waals surface area contributed by atoms with Crippen molar-refractivity contribution < 1.29 is 19.1 Å². The molecule has 2 atom stereocenters. The molecule has 26 heavy (non-hydrogen) atoms. The maximum Gasteiger partial charge on any atom is 0.321 e. The fraction of sp³-hybridized carbons (Fsp3) is 0.500. The van der Waals surface area contributed by atoms with E-state index >= 15 is 0 Å². The largest absolute Gasteiger partial charge is 0.452 e. The van der Waals surface area contributed by atoms with Gasteiger partial charge in [-0.25, -0.2) is 4.79 Å². The van der Waals surface area contributed by atoms with Crippen LogP contribution in [-0.2, 0) is 14.3 Å². The molecule has 0 saturated heterocycles. The average Bonchev–Trinajstić information content (AvgIpc) is 3.09. The van der Waals surface area contributed by atoms with E-state index in [2.05, 4.69) is 10.6 Å². The molecule has 8 heteroatoms. The molecule has 2 rings (SSSR count). The van der Waals surface area contributed by atoms with Gasteiger partial charge in [0.05, 0.1) is 0 Å². The van der Waals surface area contributed by atoms with Gasteiger partial charge in [0.25, 0.3) is 5.91 Å². The molecule has 0 spiro atoms. The van der Waals surface area contributed by atoms with E-state index in [0.29, 0.717) is 5.02 Å². The lowest BCUT2D eigenvalue weighted by atomic mass is 10.2. The normalized spacial score (nSPS) is 16.6. The predicted octanol–water partition coefficient (Wildman–Crippen LogP) is 3.52. The lowest BCUT2D eigenvalue weighted by Crippen LogP contribution is -2.47. The molecule has 0 aliphatic heterocycles. The molecule has 142 valence electrons. The Morgan fingerprint density at radius 3 is 2.38 bits per heavy atom. The fourth-order valence-corrected chi connectivity index (χ4v) is 3.57. The van der Waals surface area contributed by atoms with E-state index in [4.69, 9.17) is 16.3 Å². The summed E-state index contributed by atoms with van der Waals surface area (Å²) in [7, 11) is 0. The molecular weight excluding hydrogens is 376 g/mol. The lowest BCUT2D eigenvalue weighted by molar-refractivity contribution is -0.153. The topological polar surface area (TPSA) is 84.5 Å². The molecule has 0 aromatic heterocycles. The Morgan fingerprint density at radius 1 is 1.15 bits per heavy atom. The average molecular weight is 399 g/mol. The van der Waals surface area contributed by atoms with Crippen LogP contribution in [0.3, 0.4) is 0 Å². The molecule has 2 N–H and O–H groups in total. The number of hydrogen-bond donors (Lipinski definition) is 2. The summed E-state index contributed by atoms with van der Waals surface area (Å²) in [6, 6.07) is 6.65. The summed E-state index contributed by atoms with van der Waals surface area (Å²) in [6.07, 6.45) is 2.95. The number of nitrogens with one attached hydrogen (secondary N) is 2. The number of amides is 3. The van der Waals surface area contributed by atoms with Crippen LogP contribution in [0.1, 0.15) is 39.5 Å². The van der Waals surface area contributed by atoms with E-state index in [1.807, 2.05) is 0 Å². The summed E-state index contributed by atoms with van der Waals surface area (Å²) in [5.41, 5.74) is 0. The zero-order valence-corrected chi connectivity index (χ0v) is 16.4. The molecule has 1 fully saturated rings. The van der Waals surface area contributed by atoms with Crippen LogP contribution in [0.5, 0.6) is 0 Å². The van der Waals surface area contributed by atoms with Crippen molar-refractivity contribution in [2.24, 2.45) is 0 Å². The van der Waals surface area contributed by atoms with Crippen LogP contribution in [-0.4, -0.2) is 35.3 Å². The summed E-state index contributed by atoms with van der Waals surface area (Å²) in [6.45, 7) is 3.13. The molecule has 1 aromatic carbocycles. The Morgan fingerprint density at radius 2 is 1.77 bits per heavy atom. The summed E-state index contributed by atoms with van der Waals surface area (Å²) >= 11 is 7.14. The van der Waals surface area contributed by atoms with Crippen molar-refractivity contribution >= 4 is 41.3 Å². The van der Waals surface area contributed by atoms with Crippen molar-refractivity contribution in [3.8, 4) is 0 Å². The Bertz CT molecular complexity index is 647. The summed E-state index contributed by atoms with van der Waals surface area (Å²) in [5.74, 6) is -1.17. The highest BCUT2D eigenvalue weighted by atomic mass is 35.5. The first-order valence-corrected chi connectivity index (χ1v) is 9.85. The number of thioether (sulfide) groups is 1. The molecule has 0 radical (unpaired) electrons. The van der Waals surface area contributed by atoms with Gasteiger partial charge in [-0.05, 0) is 51.0 Å². The van der Waals surface area contributed by atoms with Gasteiger partial charge < -0.3 is 10.1 Å². The third kappa shape index (κ3) is 6.53. The summed E-state index contributed by atoms with van der Waals surface area (Å²) < 4.78 is 5.16. The second-order valence-electron chi connectivity index (χ2n) is 6.24. The van der Waals surface area contributed by atoms with Crippen LogP contribution in [0.25, 0.3) is 0 Å². The van der Waals surface area contributed by atoms with Gasteiger partial charge >= 0.3 is 12.0 Å². The van der Waals surface area contributed by atoms with Gasteiger partial charge in [-0.1, -0.05) is 24.4 Å². The van der Waals surface area contributed by atoms with Crippen LogP contribution in [0.4, 0.5) is 4.79 Å². The van der Waals surface area contributed by atoms with Gasteiger partial charge in [-0.15, -0.1) is 11.8 Å². The number of benzene rings is 1. The van der Waals surface area contributed by atoms with Crippen LogP contribution < -0.4 is 10.6 Å². The van der Waals surface area contributed by atoms with Crippen LogP contribution in [0, 0.1) is 0 Å². The third-order valence-electron chi connectivity index (χ3n) is 4.05. The molecule has 1 saturated carbocycles. The van der Waals surface area contributed by atoms with Crippen LogP contribution in [0.15, 0.2) is 29.2 Å². The van der Waals surface area contributed by atoms with Crippen molar-refractivity contribution in [2.75, 3.05) is 0 Å². The standard InChI is InChI=1S/C18H23ClN2O4S/c1-11(16(22)21-18(24)20-14-5-3-4-6-14)25-17(23)12(2)26-15-9-7-13(19)8-10-15/h7-12,14H,3-6H2,1-2H3,(H2,20,21,22,24)/t11-,12+/m0/s1. The maximum atomic E-state index is 12.1. The Hall–Kier alpha value is -1.73. The minimum absolute atomic E-state index is 0.108. The predicted molar refractivity (Wildman–Crippen MR) is 101 cm³/mol. The summed E-state index contributed by atoms with van der Waals surface area (Å²) in [5, 5.41) is 5.09. The van der Waals surface area contributed by atoms with E-state index in [0.717, 1.165) is 30.6 Å². The first-order chi connectivity index (χ1) is 12.3. The van der Waals surface area contributed by atoms with Crippen LogP contribution in [0.2, 0.25) is 5.02 Å². The SMILES string of the molecule is C[C@H](OC(=O)[C@@H](C)Sc1ccc(Cl)cc1)C(=O)NC(=O)NC1CCCC1. The summed E-state index contributed by atoms with van der Waals surface area (Å²) in [4.78, 5) is 36.8. The van der Waals surface area contributed by atoms with E-state index in [1.54, 1.807) is 31.2 Å².